The van der Waals surface area contributed by atoms with Crippen molar-refractivity contribution in [3.8, 4) is 0 Å². The topological polar surface area (TPSA) is 0 Å². The van der Waals surface area contributed by atoms with Crippen molar-refractivity contribution in [3.05, 3.63) is 27.7 Å². The van der Waals surface area contributed by atoms with E-state index in [1.807, 2.05) is 0 Å². The van der Waals surface area contributed by atoms with E-state index in [0.717, 1.165) is 6.07 Å². The first-order valence-electron chi connectivity index (χ1n) is 3.98. The van der Waals surface area contributed by atoms with Gasteiger partial charge in [0.2, 0.25) is 0 Å². The lowest BCUT2D eigenvalue weighted by Crippen LogP contribution is -2.35. The molecule has 0 nitrogen and oxygen atoms in total. The maximum absolute atomic E-state index is 12.6. The van der Waals surface area contributed by atoms with Crippen LogP contribution in [0.2, 0.25) is 16.6 Å². The molecule has 90 valence electrons. The maximum Gasteiger partial charge on any atom is 0.417 e. The smallest absolute Gasteiger partial charge is 0.166 e. The van der Waals surface area contributed by atoms with Crippen molar-refractivity contribution in [3.63, 3.8) is 0 Å². The van der Waals surface area contributed by atoms with Gasteiger partial charge in [-0.2, -0.15) is 13.2 Å². The monoisotopic (exact) mass is 326 g/mol. The molecule has 0 saturated heterocycles. The molecule has 0 unspecified atom stereocenters. The molecule has 0 fully saturated rings. The van der Waals surface area contributed by atoms with Gasteiger partial charge in [0, 0.05) is 5.02 Å². The fourth-order valence-corrected chi connectivity index (χ4v) is 4.32. The molecule has 1 rings (SSSR count). The molecule has 0 N–H and O–H groups in total. The highest BCUT2D eigenvalue weighted by atomic mass is 35.7. The number of hydrogen-bond donors (Lipinski definition) is 0. The summed E-state index contributed by atoms with van der Waals surface area (Å²) in [6.45, 7) is -1.54. The summed E-state index contributed by atoms with van der Waals surface area (Å²) in [4.78, 5) is 0. The van der Waals surface area contributed by atoms with Crippen LogP contribution < -0.4 is 5.19 Å². The Morgan fingerprint density at radius 1 is 1.12 bits per heavy atom. The summed E-state index contributed by atoms with van der Waals surface area (Å²) in [6.07, 6.45) is -4.58. The van der Waals surface area contributed by atoms with Crippen molar-refractivity contribution in [1.82, 2.24) is 0 Å². The highest BCUT2D eigenvalue weighted by Gasteiger charge is 2.38. The molecule has 1 aromatic rings. The number of rotatable bonds is 1. The molecule has 0 radical (unpaired) electrons. The van der Waals surface area contributed by atoms with E-state index in [1.54, 1.807) is 0 Å². The fraction of sp³-hybridized carbons (Fsp3) is 0.250. The molecule has 0 heterocycles. The van der Waals surface area contributed by atoms with E-state index in [0.29, 0.717) is 0 Å². The van der Waals surface area contributed by atoms with Crippen molar-refractivity contribution in [2.45, 2.75) is 12.7 Å². The first kappa shape index (κ1) is 14.4. The van der Waals surface area contributed by atoms with Gasteiger partial charge < -0.3 is 0 Å². The molecule has 0 aromatic heterocycles. The number of hydrogen-bond acceptors (Lipinski definition) is 0. The Morgan fingerprint density at radius 3 is 2.00 bits per heavy atom. The average molecular weight is 328 g/mol. The van der Waals surface area contributed by atoms with Gasteiger partial charge >= 0.3 is 6.18 Å². The van der Waals surface area contributed by atoms with Crippen molar-refractivity contribution in [1.29, 1.82) is 0 Å². The van der Waals surface area contributed by atoms with Gasteiger partial charge in [-0.3, -0.25) is 0 Å². The van der Waals surface area contributed by atoms with Crippen LogP contribution in [0.25, 0.3) is 0 Å². The minimum Gasteiger partial charge on any atom is -0.166 e. The fourth-order valence-electron chi connectivity index (χ4n) is 1.11. The van der Waals surface area contributed by atoms with E-state index >= 15 is 0 Å². The summed E-state index contributed by atoms with van der Waals surface area (Å²) >= 11 is 22.9. The highest BCUT2D eigenvalue weighted by molar-refractivity contribution is 7.50. The van der Waals surface area contributed by atoms with Crippen LogP contribution in [0.15, 0.2) is 12.1 Å². The second-order valence-corrected chi connectivity index (χ2v) is 11.4. The highest BCUT2D eigenvalue weighted by Crippen LogP contribution is 2.37. The Bertz CT molecular complexity index is 376. The maximum atomic E-state index is 12.6. The molecule has 0 aliphatic carbocycles. The van der Waals surface area contributed by atoms with Gasteiger partial charge in [0.15, 0.2) is 0 Å². The molecule has 0 aliphatic heterocycles. The van der Waals surface area contributed by atoms with Gasteiger partial charge in [0.05, 0.1) is 10.6 Å². The third-order valence-electron chi connectivity index (χ3n) is 1.82. The summed E-state index contributed by atoms with van der Waals surface area (Å²) < 4.78 is 37.7. The van der Waals surface area contributed by atoms with Crippen LogP contribution in [0.5, 0.6) is 0 Å². The third-order valence-corrected chi connectivity index (χ3v) is 5.16. The second-order valence-electron chi connectivity index (χ2n) is 3.20. The van der Waals surface area contributed by atoms with Gasteiger partial charge in [-0.05, 0) is 23.9 Å². The molecule has 0 bridgehead atoms. The van der Waals surface area contributed by atoms with Gasteiger partial charge in [-0.1, -0.05) is 23.2 Å². The van der Waals surface area contributed by atoms with E-state index in [9.17, 15) is 13.2 Å². The molecule has 0 aliphatic rings. The minimum atomic E-state index is -4.58. The molecular formula is C8H5Cl4F3Si. The molecule has 8 heteroatoms. The predicted octanol–water partition coefficient (Wildman–Crippen LogP) is 4.77. The summed E-state index contributed by atoms with van der Waals surface area (Å²) in [5, 5.41) is -0.500. The molecule has 0 atom stereocenters. The standard InChI is InChI=1S/C8H5Cl4F3Si/c1-16(11,12)6-3-4(9)2-5(7(6)10)8(13,14)15/h2-3H,1H3. The summed E-state index contributed by atoms with van der Waals surface area (Å²) in [5.41, 5.74) is -1.02. The van der Waals surface area contributed by atoms with Crippen LogP contribution in [-0.4, -0.2) is 6.69 Å². The van der Waals surface area contributed by atoms with E-state index in [4.69, 9.17) is 45.4 Å². The molecule has 16 heavy (non-hydrogen) atoms. The number of halogens is 7. The zero-order chi connectivity index (χ0) is 12.7. The zero-order valence-corrected chi connectivity index (χ0v) is 11.8. The van der Waals surface area contributed by atoms with Crippen LogP contribution in [0, 0.1) is 0 Å². The SMILES string of the molecule is C[Si](Cl)(Cl)c1cc(Cl)cc(C(F)(F)F)c1Cl. The summed E-state index contributed by atoms with van der Waals surface area (Å²) in [6, 6.07) is 2.02. The van der Waals surface area contributed by atoms with E-state index in [1.165, 1.54) is 12.6 Å². The Morgan fingerprint density at radius 2 is 1.62 bits per heavy atom. The lowest BCUT2D eigenvalue weighted by atomic mass is 10.2. The van der Waals surface area contributed by atoms with Crippen LogP contribution in [0.1, 0.15) is 5.56 Å². The molecule has 1 aromatic carbocycles. The first-order valence-corrected chi connectivity index (χ1v) is 9.26. The second kappa shape index (κ2) is 4.57. The molecule has 0 amide bonds. The van der Waals surface area contributed by atoms with Gasteiger partial charge in [0.25, 0.3) is 6.69 Å². The Labute approximate surface area is 111 Å². The average Bonchev–Trinajstić information content (AvgIpc) is 2.04. The van der Waals surface area contributed by atoms with Crippen molar-refractivity contribution in [2.75, 3.05) is 0 Å². The number of benzene rings is 1. The summed E-state index contributed by atoms with van der Waals surface area (Å²) in [5.74, 6) is 0. The lowest BCUT2D eigenvalue weighted by Gasteiger charge is -2.17. The van der Waals surface area contributed by atoms with Crippen molar-refractivity contribution >= 4 is 57.2 Å². The first-order chi connectivity index (χ1) is 7.03. The van der Waals surface area contributed by atoms with E-state index in [2.05, 4.69) is 0 Å². The van der Waals surface area contributed by atoms with Crippen LogP contribution >= 0.6 is 45.4 Å². The van der Waals surface area contributed by atoms with Crippen molar-refractivity contribution < 1.29 is 13.2 Å². The minimum absolute atomic E-state index is 0.0670. The molecular weight excluding hydrogens is 323 g/mol. The van der Waals surface area contributed by atoms with Crippen LogP contribution in [0.4, 0.5) is 13.2 Å². The largest absolute Gasteiger partial charge is 0.417 e. The summed E-state index contributed by atoms with van der Waals surface area (Å²) in [7, 11) is 0. The van der Waals surface area contributed by atoms with E-state index in [-0.39, 0.29) is 10.2 Å². The lowest BCUT2D eigenvalue weighted by molar-refractivity contribution is -0.137. The van der Waals surface area contributed by atoms with Crippen LogP contribution in [-0.2, 0) is 6.18 Å². The third kappa shape index (κ3) is 3.20. The van der Waals surface area contributed by atoms with Crippen molar-refractivity contribution in [2.24, 2.45) is 0 Å². The molecule has 0 spiro atoms. The van der Waals surface area contributed by atoms with Gasteiger partial charge in [-0.15, -0.1) is 22.2 Å². The normalized spacial score (nSPS) is 13.0. The van der Waals surface area contributed by atoms with Gasteiger partial charge in [0.1, 0.15) is 0 Å². The zero-order valence-electron chi connectivity index (χ0n) is 7.80. The Kier molecular flexibility index (Phi) is 4.13. The quantitative estimate of drug-likeness (QED) is 0.515. The van der Waals surface area contributed by atoms with Crippen LogP contribution in [0.3, 0.4) is 0 Å². The molecule has 0 saturated carbocycles. The Hall–Kier alpha value is 0.387. The predicted molar refractivity (Wildman–Crippen MR) is 64.4 cm³/mol. The Balaban J connectivity index is 3.51. The van der Waals surface area contributed by atoms with E-state index < -0.39 is 23.5 Å². The van der Waals surface area contributed by atoms with Gasteiger partial charge in [-0.25, -0.2) is 0 Å². The number of alkyl halides is 3.